The normalized spacial score (nSPS) is 19.0. The van der Waals surface area contributed by atoms with E-state index in [0.717, 1.165) is 44.0 Å². The molecule has 5 aromatic rings. The molecule has 1 N–H and O–H groups in total. The Morgan fingerprint density at radius 2 is 1.44 bits per heavy atom. The lowest BCUT2D eigenvalue weighted by Crippen LogP contribution is -2.31. The minimum atomic E-state index is -0.606. The molecule has 1 saturated heterocycles. The van der Waals surface area contributed by atoms with Crippen molar-refractivity contribution < 1.29 is 28.9 Å². The number of aliphatic hydroxyl groups is 1. The predicted molar refractivity (Wildman–Crippen MR) is 185 cm³/mol. The van der Waals surface area contributed by atoms with Crippen molar-refractivity contribution in [2.24, 2.45) is 0 Å². The first-order valence-electron chi connectivity index (χ1n) is 15.9. The number of aliphatic hydroxyl groups excluding tert-OH is 1. The number of ether oxygens (including phenoxy) is 3. The van der Waals surface area contributed by atoms with Crippen LogP contribution >= 0.6 is 11.8 Å². The van der Waals surface area contributed by atoms with E-state index in [4.69, 9.17) is 14.2 Å². The van der Waals surface area contributed by atoms with Crippen molar-refractivity contribution in [2.45, 2.75) is 43.0 Å². The number of hydrogen-bond donors (Lipinski definition) is 1. The number of hydrogen-bond acceptors (Lipinski definition) is 7. The lowest BCUT2D eigenvalue weighted by atomic mass is 9.99. The van der Waals surface area contributed by atoms with Gasteiger partial charge in [0, 0.05) is 22.6 Å². The van der Waals surface area contributed by atoms with Crippen LogP contribution in [0.1, 0.15) is 61.8 Å². The molecule has 2 aliphatic rings. The molecule has 0 radical (unpaired) electrons. The number of benzene rings is 5. The van der Waals surface area contributed by atoms with Crippen LogP contribution in [0, 0.1) is 0 Å². The Kier molecular flexibility index (Phi) is 9.40. The number of imide groups is 1. The zero-order valence-corrected chi connectivity index (χ0v) is 27.3. The third-order valence-corrected chi connectivity index (χ3v) is 9.93. The summed E-state index contributed by atoms with van der Waals surface area (Å²) in [5.41, 5.74) is 6.45. The van der Waals surface area contributed by atoms with E-state index in [2.05, 4.69) is 12.1 Å². The van der Waals surface area contributed by atoms with Crippen molar-refractivity contribution in [3.8, 4) is 16.9 Å². The van der Waals surface area contributed by atoms with E-state index in [0.29, 0.717) is 23.3 Å². The standard InChI is InChI=1S/C40H35NO6S/c1-45-35-14-4-5-15-37(35)48-25-32-22-36(28-18-16-26(24-42)17-19-28)47-40(46-32)31-11-7-10-30(21-31)29-9-6-8-27(20-29)23-41-38(43)33-12-2-3-13-34(33)39(41)44/h2-21,32,36,40,42H,22-25H2,1H3. The summed E-state index contributed by atoms with van der Waals surface area (Å²) >= 11 is 1.70. The second-order valence-electron chi connectivity index (χ2n) is 11.9. The molecule has 3 atom stereocenters. The van der Waals surface area contributed by atoms with Crippen molar-refractivity contribution in [1.82, 2.24) is 4.90 Å². The number of carbonyl (C=O) groups excluding carboxylic acids is 2. The van der Waals surface area contributed by atoms with E-state index >= 15 is 0 Å². The van der Waals surface area contributed by atoms with Gasteiger partial charge in [0.2, 0.25) is 0 Å². The number of rotatable bonds is 10. The first kappa shape index (κ1) is 31.8. The van der Waals surface area contributed by atoms with Crippen LogP contribution in [0.15, 0.2) is 126 Å². The Morgan fingerprint density at radius 3 is 2.17 bits per heavy atom. The van der Waals surface area contributed by atoms with E-state index in [1.54, 1.807) is 43.1 Å². The van der Waals surface area contributed by atoms with Gasteiger partial charge in [-0.25, -0.2) is 0 Å². The van der Waals surface area contributed by atoms with Crippen molar-refractivity contribution in [3.05, 3.63) is 155 Å². The number of amides is 2. The van der Waals surface area contributed by atoms with Gasteiger partial charge in [0.1, 0.15) is 5.75 Å². The van der Waals surface area contributed by atoms with Gasteiger partial charge in [-0.15, -0.1) is 11.8 Å². The highest BCUT2D eigenvalue weighted by Crippen LogP contribution is 2.41. The SMILES string of the molecule is COc1ccccc1SCC1CC(c2ccc(CO)cc2)OC(c2cccc(-c3cccc(CN4C(=O)c5ccccc5C4=O)c3)c2)O1. The molecular weight excluding hydrogens is 623 g/mol. The van der Waals surface area contributed by atoms with Crippen LogP contribution < -0.4 is 4.74 Å². The summed E-state index contributed by atoms with van der Waals surface area (Å²) in [7, 11) is 1.68. The van der Waals surface area contributed by atoms with E-state index in [9.17, 15) is 14.7 Å². The van der Waals surface area contributed by atoms with Crippen LogP contribution in [0.25, 0.3) is 11.1 Å². The molecule has 7 nitrogen and oxygen atoms in total. The number of methoxy groups -OCH3 is 1. The number of nitrogens with zero attached hydrogens (tertiary/aromatic N) is 1. The molecule has 7 rings (SSSR count). The van der Waals surface area contributed by atoms with Crippen molar-refractivity contribution in [1.29, 1.82) is 0 Å². The summed E-state index contributed by atoms with van der Waals surface area (Å²) in [6.45, 7) is 0.180. The molecule has 8 heteroatoms. The van der Waals surface area contributed by atoms with Gasteiger partial charge in [-0.1, -0.05) is 84.9 Å². The molecule has 48 heavy (non-hydrogen) atoms. The molecule has 5 aromatic carbocycles. The lowest BCUT2D eigenvalue weighted by Gasteiger charge is -2.36. The van der Waals surface area contributed by atoms with Gasteiger partial charge in [0.25, 0.3) is 11.8 Å². The second kappa shape index (κ2) is 14.2. The summed E-state index contributed by atoms with van der Waals surface area (Å²) in [6, 6.07) is 38.8. The Balaban J connectivity index is 1.12. The number of fused-ring (bicyclic) bond motifs is 1. The Labute approximate surface area is 284 Å². The zero-order chi connectivity index (χ0) is 33.0. The van der Waals surface area contributed by atoms with Gasteiger partial charge in [-0.3, -0.25) is 14.5 Å². The molecule has 0 aliphatic carbocycles. The Bertz CT molecular complexity index is 1910. The van der Waals surface area contributed by atoms with Crippen LogP contribution in [0.3, 0.4) is 0 Å². The van der Waals surface area contributed by atoms with Gasteiger partial charge in [0.15, 0.2) is 6.29 Å². The number of carbonyl (C=O) groups is 2. The van der Waals surface area contributed by atoms with E-state index in [-0.39, 0.29) is 37.2 Å². The minimum Gasteiger partial charge on any atom is -0.496 e. The number of thioether (sulfide) groups is 1. The first-order chi connectivity index (χ1) is 23.5. The maximum Gasteiger partial charge on any atom is 0.261 e. The van der Waals surface area contributed by atoms with Gasteiger partial charge < -0.3 is 19.3 Å². The molecule has 0 saturated carbocycles. The third-order valence-electron chi connectivity index (χ3n) is 8.75. The fourth-order valence-electron chi connectivity index (χ4n) is 6.22. The molecule has 2 amide bonds. The van der Waals surface area contributed by atoms with Crippen molar-refractivity contribution in [3.63, 3.8) is 0 Å². The average Bonchev–Trinajstić information content (AvgIpc) is 3.38. The van der Waals surface area contributed by atoms with E-state index < -0.39 is 6.29 Å². The molecule has 0 aromatic heterocycles. The van der Waals surface area contributed by atoms with Crippen molar-refractivity contribution in [2.75, 3.05) is 12.9 Å². The molecular formula is C40H35NO6S. The van der Waals surface area contributed by atoms with Crippen molar-refractivity contribution >= 4 is 23.6 Å². The summed E-state index contributed by atoms with van der Waals surface area (Å²) in [5.74, 6) is 1.01. The zero-order valence-electron chi connectivity index (χ0n) is 26.5. The highest BCUT2D eigenvalue weighted by Gasteiger charge is 2.35. The largest absolute Gasteiger partial charge is 0.496 e. The van der Waals surface area contributed by atoms with Gasteiger partial charge >= 0.3 is 0 Å². The summed E-state index contributed by atoms with van der Waals surface area (Å²) in [6.07, 6.45) is -0.235. The first-order valence-corrected chi connectivity index (χ1v) is 16.9. The third kappa shape index (κ3) is 6.66. The maximum atomic E-state index is 13.0. The minimum absolute atomic E-state index is 0.0119. The van der Waals surface area contributed by atoms with Gasteiger partial charge in [-0.05, 0) is 64.2 Å². The molecule has 0 spiro atoms. The molecule has 2 aliphatic heterocycles. The van der Waals surface area contributed by atoms with Crippen LogP contribution in [0.5, 0.6) is 5.75 Å². The Morgan fingerprint density at radius 1 is 0.750 bits per heavy atom. The quantitative estimate of drug-likeness (QED) is 0.120. The fraction of sp³-hybridized carbons (Fsp3) is 0.200. The molecule has 0 bridgehead atoms. The summed E-state index contributed by atoms with van der Waals surface area (Å²) in [5, 5.41) is 9.56. The topological polar surface area (TPSA) is 85.3 Å². The molecule has 242 valence electrons. The van der Waals surface area contributed by atoms with E-state index in [1.165, 1.54) is 4.90 Å². The Hall–Kier alpha value is -4.73. The highest BCUT2D eigenvalue weighted by molar-refractivity contribution is 7.99. The van der Waals surface area contributed by atoms with Gasteiger partial charge in [-0.2, -0.15) is 0 Å². The summed E-state index contributed by atoms with van der Waals surface area (Å²) < 4.78 is 18.8. The lowest BCUT2D eigenvalue weighted by molar-refractivity contribution is -0.245. The smallest absolute Gasteiger partial charge is 0.261 e. The average molecular weight is 658 g/mol. The molecule has 3 unspecified atom stereocenters. The van der Waals surface area contributed by atoms with Crippen LogP contribution in [0.4, 0.5) is 0 Å². The maximum absolute atomic E-state index is 13.0. The van der Waals surface area contributed by atoms with Crippen LogP contribution in [-0.2, 0) is 22.6 Å². The second-order valence-corrected chi connectivity index (χ2v) is 12.9. The molecule has 1 fully saturated rings. The monoisotopic (exact) mass is 657 g/mol. The van der Waals surface area contributed by atoms with Crippen LogP contribution in [-0.4, -0.2) is 40.8 Å². The summed E-state index contributed by atoms with van der Waals surface area (Å²) in [4.78, 5) is 28.3. The highest BCUT2D eigenvalue weighted by atomic mass is 32.2. The predicted octanol–water partition coefficient (Wildman–Crippen LogP) is 7.99. The molecule has 2 heterocycles. The van der Waals surface area contributed by atoms with Crippen LogP contribution in [0.2, 0.25) is 0 Å². The number of para-hydroxylation sites is 1. The fourth-order valence-corrected chi connectivity index (χ4v) is 7.27. The van der Waals surface area contributed by atoms with E-state index in [1.807, 2.05) is 84.9 Å². The van der Waals surface area contributed by atoms with Gasteiger partial charge in [0.05, 0.1) is 43.6 Å².